The van der Waals surface area contributed by atoms with Crippen molar-refractivity contribution >= 4 is 40.6 Å². The largest absolute Gasteiger partial charge is 0.306 e. The van der Waals surface area contributed by atoms with Gasteiger partial charge in [-0.1, -0.05) is 65.8 Å². The van der Waals surface area contributed by atoms with Crippen molar-refractivity contribution in [2.45, 2.75) is 29.2 Å². The number of hydrogen-bond acceptors (Lipinski definition) is 3. The fourth-order valence-electron chi connectivity index (χ4n) is 3.38. The summed E-state index contributed by atoms with van der Waals surface area (Å²) in [5.41, 5.74) is 3.01. The fraction of sp³-hybridized carbons (Fsp3) is 0.174. The molecule has 1 aliphatic heterocycles. The van der Waals surface area contributed by atoms with Crippen molar-refractivity contribution in [1.82, 2.24) is 5.32 Å². The van der Waals surface area contributed by atoms with Crippen molar-refractivity contribution in [3.63, 3.8) is 0 Å². The molecular weight excluding hydrogens is 388 g/mol. The first kappa shape index (κ1) is 19.1. The maximum Gasteiger partial charge on any atom is 0.245 e. The molecule has 0 fully saturated rings. The Bertz CT molecular complexity index is 993. The Kier molecular flexibility index (Phi) is 5.72. The van der Waals surface area contributed by atoms with Crippen molar-refractivity contribution in [3.05, 3.63) is 83.4 Å². The monoisotopic (exact) mass is 408 g/mol. The summed E-state index contributed by atoms with van der Waals surface area (Å²) in [6.07, 6.45) is 0.878. The molecule has 3 aromatic carbocycles. The van der Waals surface area contributed by atoms with Crippen LogP contribution in [0.3, 0.4) is 0 Å². The number of amides is 1. The number of rotatable bonds is 5. The van der Waals surface area contributed by atoms with Crippen molar-refractivity contribution in [2.75, 3.05) is 11.4 Å². The Hall–Kier alpha value is -2.27. The predicted molar refractivity (Wildman–Crippen MR) is 117 cm³/mol. The second kappa shape index (κ2) is 8.39. The molecule has 0 aromatic heterocycles. The lowest BCUT2D eigenvalue weighted by atomic mass is 10.1. The number of anilines is 2. The molecule has 1 aliphatic rings. The average Bonchev–Trinajstić information content (AvgIpc) is 2.71. The maximum atomic E-state index is 13.2. The number of para-hydroxylation sites is 1. The van der Waals surface area contributed by atoms with Crippen LogP contribution in [-0.2, 0) is 11.2 Å². The highest BCUT2D eigenvalue weighted by Crippen LogP contribution is 2.48. The smallest absolute Gasteiger partial charge is 0.245 e. The van der Waals surface area contributed by atoms with E-state index >= 15 is 0 Å². The van der Waals surface area contributed by atoms with E-state index in [1.165, 1.54) is 5.56 Å². The predicted octanol–water partition coefficient (Wildman–Crippen LogP) is 5.69. The highest BCUT2D eigenvalue weighted by Gasteiger charge is 2.28. The third kappa shape index (κ3) is 4.09. The molecule has 142 valence electrons. The first-order valence-corrected chi connectivity index (χ1v) is 10.5. The first-order chi connectivity index (χ1) is 13.6. The van der Waals surface area contributed by atoms with Gasteiger partial charge < -0.3 is 5.32 Å². The molecule has 3 nitrogen and oxygen atoms in total. The number of halogens is 1. The van der Waals surface area contributed by atoms with Gasteiger partial charge in [-0.15, -0.1) is 0 Å². The molecule has 1 atom stereocenters. The van der Waals surface area contributed by atoms with E-state index in [4.69, 9.17) is 11.6 Å². The highest BCUT2D eigenvalue weighted by atomic mass is 35.5. The van der Waals surface area contributed by atoms with Gasteiger partial charge in [-0.25, -0.2) is 0 Å². The van der Waals surface area contributed by atoms with E-state index < -0.39 is 0 Å². The number of fused-ring (bicyclic) bond motifs is 2. The molecule has 0 radical (unpaired) electrons. The molecule has 3 aromatic rings. The van der Waals surface area contributed by atoms with E-state index in [1.54, 1.807) is 16.7 Å². The minimum atomic E-state index is 0.0104. The quantitative estimate of drug-likeness (QED) is 0.588. The SMILES string of the molecule is CC(Cc1ccccc1)NCC(=O)N1c2ccccc2Sc2ccc(Cl)cc21. The average molecular weight is 409 g/mol. The van der Waals surface area contributed by atoms with Crippen LogP contribution in [-0.4, -0.2) is 18.5 Å². The molecule has 0 saturated heterocycles. The zero-order valence-electron chi connectivity index (χ0n) is 15.6. The fourth-order valence-corrected chi connectivity index (χ4v) is 4.58. The van der Waals surface area contributed by atoms with Crippen LogP contribution in [0.15, 0.2) is 82.6 Å². The van der Waals surface area contributed by atoms with E-state index in [0.29, 0.717) is 5.02 Å². The Morgan fingerprint density at radius 2 is 1.71 bits per heavy atom. The number of hydrogen-bond donors (Lipinski definition) is 1. The summed E-state index contributed by atoms with van der Waals surface area (Å²) in [5, 5.41) is 4.00. The maximum absolute atomic E-state index is 13.2. The van der Waals surface area contributed by atoms with Crippen LogP contribution in [0.2, 0.25) is 5.02 Å². The van der Waals surface area contributed by atoms with Crippen LogP contribution in [0, 0.1) is 0 Å². The number of benzene rings is 3. The third-order valence-corrected chi connectivity index (χ3v) is 6.09. The Morgan fingerprint density at radius 1 is 1.00 bits per heavy atom. The van der Waals surface area contributed by atoms with Gasteiger partial charge >= 0.3 is 0 Å². The molecule has 1 heterocycles. The van der Waals surface area contributed by atoms with Crippen LogP contribution in [0.4, 0.5) is 11.4 Å². The van der Waals surface area contributed by atoms with Crippen LogP contribution >= 0.6 is 23.4 Å². The molecule has 0 aliphatic carbocycles. The number of carbonyl (C=O) groups is 1. The van der Waals surface area contributed by atoms with E-state index in [0.717, 1.165) is 27.6 Å². The molecule has 28 heavy (non-hydrogen) atoms. The zero-order chi connectivity index (χ0) is 19.5. The second-order valence-electron chi connectivity index (χ2n) is 6.88. The summed E-state index contributed by atoms with van der Waals surface area (Å²) in [5.74, 6) is 0.0104. The van der Waals surface area contributed by atoms with Gasteiger partial charge in [-0.3, -0.25) is 9.69 Å². The summed E-state index contributed by atoms with van der Waals surface area (Å²) >= 11 is 7.89. The second-order valence-corrected chi connectivity index (χ2v) is 8.40. The molecule has 1 amide bonds. The van der Waals surface area contributed by atoms with Crippen LogP contribution < -0.4 is 10.2 Å². The topological polar surface area (TPSA) is 32.3 Å². The highest BCUT2D eigenvalue weighted by molar-refractivity contribution is 7.99. The molecule has 1 unspecified atom stereocenters. The summed E-state index contributed by atoms with van der Waals surface area (Å²) in [6, 6.07) is 24.2. The molecular formula is C23H21ClN2OS. The van der Waals surface area contributed by atoms with Gasteiger partial charge in [-0.05, 0) is 49.2 Å². The van der Waals surface area contributed by atoms with E-state index in [9.17, 15) is 4.79 Å². The molecule has 0 bridgehead atoms. The molecule has 5 heteroatoms. The Balaban J connectivity index is 1.53. The van der Waals surface area contributed by atoms with Gasteiger partial charge in [0.15, 0.2) is 0 Å². The van der Waals surface area contributed by atoms with Crippen molar-refractivity contribution in [3.8, 4) is 0 Å². The van der Waals surface area contributed by atoms with Crippen molar-refractivity contribution in [1.29, 1.82) is 0 Å². The Labute approximate surface area is 174 Å². The standard InChI is InChI=1S/C23H21ClN2OS/c1-16(13-17-7-3-2-4-8-17)25-15-23(27)26-19-9-5-6-10-21(19)28-22-12-11-18(24)14-20(22)26/h2-12,14,16,25H,13,15H2,1H3. The van der Waals surface area contributed by atoms with Crippen LogP contribution in [0.5, 0.6) is 0 Å². The Morgan fingerprint density at radius 3 is 2.54 bits per heavy atom. The molecule has 4 rings (SSSR count). The summed E-state index contributed by atoms with van der Waals surface area (Å²) in [7, 11) is 0. The van der Waals surface area contributed by atoms with Crippen LogP contribution in [0.1, 0.15) is 12.5 Å². The summed E-state index contributed by atoms with van der Waals surface area (Å²) < 4.78 is 0. The minimum absolute atomic E-state index is 0.0104. The first-order valence-electron chi connectivity index (χ1n) is 9.28. The molecule has 0 saturated carbocycles. The molecule has 0 spiro atoms. The van der Waals surface area contributed by atoms with Crippen molar-refractivity contribution < 1.29 is 4.79 Å². The van der Waals surface area contributed by atoms with E-state index in [1.807, 2.05) is 60.7 Å². The van der Waals surface area contributed by atoms with Gasteiger partial charge in [-0.2, -0.15) is 0 Å². The van der Waals surface area contributed by atoms with Crippen LogP contribution in [0.25, 0.3) is 0 Å². The summed E-state index contributed by atoms with van der Waals surface area (Å²) in [6.45, 7) is 2.37. The third-order valence-electron chi connectivity index (χ3n) is 4.72. The summed E-state index contributed by atoms with van der Waals surface area (Å²) in [4.78, 5) is 17.1. The van der Waals surface area contributed by atoms with E-state index in [-0.39, 0.29) is 18.5 Å². The van der Waals surface area contributed by atoms with Gasteiger partial charge in [0.25, 0.3) is 0 Å². The minimum Gasteiger partial charge on any atom is -0.306 e. The lowest BCUT2D eigenvalue weighted by molar-refractivity contribution is -0.117. The molecule has 1 N–H and O–H groups in total. The zero-order valence-corrected chi connectivity index (χ0v) is 17.1. The van der Waals surface area contributed by atoms with Gasteiger partial charge in [0.2, 0.25) is 5.91 Å². The van der Waals surface area contributed by atoms with Gasteiger partial charge in [0.05, 0.1) is 17.9 Å². The lowest BCUT2D eigenvalue weighted by Crippen LogP contribution is -2.40. The van der Waals surface area contributed by atoms with Gasteiger partial charge in [0, 0.05) is 20.9 Å². The van der Waals surface area contributed by atoms with Gasteiger partial charge in [0.1, 0.15) is 0 Å². The van der Waals surface area contributed by atoms with E-state index in [2.05, 4.69) is 24.4 Å². The number of nitrogens with one attached hydrogen (secondary N) is 1. The van der Waals surface area contributed by atoms with Crippen molar-refractivity contribution in [2.24, 2.45) is 0 Å². The normalized spacial score (nSPS) is 13.6. The lowest BCUT2D eigenvalue weighted by Gasteiger charge is -2.31. The number of carbonyl (C=O) groups excluding carboxylic acids is 1. The number of nitrogens with zero attached hydrogens (tertiary/aromatic N) is 1.